The van der Waals surface area contributed by atoms with Crippen LogP contribution >= 0.6 is 0 Å². The van der Waals surface area contributed by atoms with Gasteiger partial charge in [-0.05, 0) is 18.2 Å². The Hall–Kier alpha value is -3.23. The Morgan fingerprint density at radius 2 is 1.65 bits per heavy atom. The van der Waals surface area contributed by atoms with Crippen LogP contribution in [-0.2, 0) is 0 Å². The molecule has 26 heavy (non-hydrogen) atoms. The van der Waals surface area contributed by atoms with Gasteiger partial charge in [0.15, 0.2) is 11.5 Å². The molecule has 0 aliphatic rings. The van der Waals surface area contributed by atoms with Crippen LogP contribution in [0.2, 0.25) is 0 Å². The lowest BCUT2D eigenvalue weighted by Gasteiger charge is -2.13. The van der Waals surface area contributed by atoms with Crippen LogP contribution in [0.1, 0.15) is 0 Å². The number of hydrogen-bond acceptors (Lipinski definition) is 6. The molecule has 0 saturated carbocycles. The quantitative estimate of drug-likeness (QED) is 0.758. The molecular formula is C17H14F3N3O3. The van der Waals surface area contributed by atoms with Gasteiger partial charge in [-0.25, -0.2) is 9.97 Å². The largest absolute Gasteiger partial charge is 0.573 e. The van der Waals surface area contributed by atoms with Gasteiger partial charge in [0.2, 0.25) is 5.95 Å². The number of benzene rings is 2. The zero-order valence-corrected chi connectivity index (χ0v) is 13.8. The number of alkyl halides is 3. The molecule has 0 spiro atoms. The topological polar surface area (TPSA) is 79.5 Å². The van der Waals surface area contributed by atoms with E-state index in [0.717, 1.165) is 0 Å². The maximum Gasteiger partial charge on any atom is 0.573 e. The van der Waals surface area contributed by atoms with Crippen molar-refractivity contribution in [3.8, 4) is 28.5 Å². The fourth-order valence-corrected chi connectivity index (χ4v) is 2.53. The molecule has 0 unspecified atom stereocenters. The first-order chi connectivity index (χ1) is 12.3. The van der Waals surface area contributed by atoms with Gasteiger partial charge in [-0.2, -0.15) is 0 Å². The summed E-state index contributed by atoms with van der Waals surface area (Å²) in [4.78, 5) is 8.32. The standard InChI is InChI=1S/C17H14F3N3O3/c1-24-13-7-11-12(8-14(13)25-2)22-16(21)23-15(11)9-4-3-5-10(6-9)26-17(18,19)20/h3-8H,1-2H3,(H2,21,22,23). The Bertz CT molecular complexity index is 961. The van der Waals surface area contributed by atoms with E-state index in [-0.39, 0.29) is 11.7 Å². The summed E-state index contributed by atoms with van der Waals surface area (Å²) >= 11 is 0. The van der Waals surface area contributed by atoms with Crippen molar-refractivity contribution < 1.29 is 27.4 Å². The number of methoxy groups -OCH3 is 2. The Morgan fingerprint density at radius 1 is 0.962 bits per heavy atom. The molecule has 2 N–H and O–H groups in total. The first kappa shape index (κ1) is 17.6. The van der Waals surface area contributed by atoms with Crippen LogP contribution in [0.15, 0.2) is 36.4 Å². The van der Waals surface area contributed by atoms with Crippen molar-refractivity contribution in [2.24, 2.45) is 0 Å². The third kappa shape index (κ3) is 3.56. The number of fused-ring (bicyclic) bond motifs is 1. The number of nitrogen functional groups attached to an aromatic ring is 1. The van der Waals surface area contributed by atoms with Crippen molar-refractivity contribution in [3.05, 3.63) is 36.4 Å². The Balaban J connectivity index is 2.20. The van der Waals surface area contributed by atoms with Crippen molar-refractivity contribution in [3.63, 3.8) is 0 Å². The van der Waals surface area contributed by atoms with Crippen molar-refractivity contribution in [1.29, 1.82) is 0 Å². The monoisotopic (exact) mass is 365 g/mol. The molecule has 0 saturated heterocycles. The molecule has 6 nitrogen and oxygen atoms in total. The van der Waals surface area contributed by atoms with Gasteiger partial charge in [0.05, 0.1) is 25.4 Å². The van der Waals surface area contributed by atoms with Crippen LogP contribution in [0.4, 0.5) is 19.1 Å². The summed E-state index contributed by atoms with van der Waals surface area (Å²) in [6, 6.07) is 8.72. The van der Waals surface area contributed by atoms with Crippen LogP contribution in [0.3, 0.4) is 0 Å². The molecule has 1 heterocycles. The second-order valence-electron chi connectivity index (χ2n) is 5.23. The summed E-state index contributed by atoms with van der Waals surface area (Å²) in [5.74, 6) is 0.484. The van der Waals surface area contributed by atoms with E-state index in [9.17, 15) is 13.2 Å². The molecule has 0 bridgehead atoms. The van der Waals surface area contributed by atoms with Crippen LogP contribution < -0.4 is 19.9 Å². The third-order valence-electron chi connectivity index (χ3n) is 3.56. The number of nitrogens with zero attached hydrogens (tertiary/aromatic N) is 2. The average molecular weight is 365 g/mol. The molecule has 1 aromatic heterocycles. The van der Waals surface area contributed by atoms with E-state index in [4.69, 9.17) is 15.2 Å². The summed E-state index contributed by atoms with van der Waals surface area (Å²) in [5, 5.41) is 0.543. The summed E-state index contributed by atoms with van der Waals surface area (Å²) < 4.78 is 51.9. The van der Waals surface area contributed by atoms with E-state index >= 15 is 0 Å². The molecule has 0 fully saturated rings. The Labute approximate surface area is 146 Å². The first-order valence-electron chi connectivity index (χ1n) is 7.36. The van der Waals surface area contributed by atoms with Gasteiger partial charge in [0.1, 0.15) is 5.75 Å². The summed E-state index contributed by atoms with van der Waals surface area (Å²) in [6.07, 6.45) is -4.79. The van der Waals surface area contributed by atoms with Crippen LogP contribution in [0.25, 0.3) is 22.2 Å². The number of nitrogens with two attached hydrogens (primary N) is 1. The van der Waals surface area contributed by atoms with Crippen LogP contribution in [0, 0.1) is 0 Å². The highest BCUT2D eigenvalue weighted by molar-refractivity contribution is 5.95. The third-order valence-corrected chi connectivity index (χ3v) is 3.56. The van der Waals surface area contributed by atoms with Gasteiger partial charge in [-0.1, -0.05) is 12.1 Å². The van der Waals surface area contributed by atoms with Gasteiger partial charge in [-0.15, -0.1) is 13.2 Å². The summed E-state index contributed by atoms with van der Waals surface area (Å²) in [6.45, 7) is 0. The minimum Gasteiger partial charge on any atom is -0.493 e. The van der Waals surface area contributed by atoms with Crippen LogP contribution in [0.5, 0.6) is 17.2 Å². The number of rotatable bonds is 4. The zero-order chi connectivity index (χ0) is 18.9. The highest BCUT2D eigenvalue weighted by Crippen LogP contribution is 2.37. The normalized spacial score (nSPS) is 11.4. The molecule has 9 heteroatoms. The molecule has 2 aromatic carbocycles. The molecule has 3 rings (SSSR count). The van der Waals surface area contributed by atoms with E-state index in [0.29, 0.717) is 33.7 Å². The molecule has 136 valence electrons. The number of halogens is 3. The number of hydrogen-bond donors (Lipinski definition) is 1. The first-order valence-corrected chi connectivity index (χ1v) is 7.36. The Kier molecular flexibility index (Phi) is 4.45. The van der Waals surface area contributed by atoms with Crippen molar-refractivity contribution in [1.82, 2.24) is 9.97 Å². The van der Waals surface area contributed by atoms with Gasteiger partial charge in [0, 0.05) is 17.0 Å². The molecule has 3 aromatic rings. The van der Waals surface area contributed by atoms with E-state index in [1.807, 2.05) is 0 Å². The molecular weight excluding hydrogens is 351 g/mol. The second kappa shape index (κ2) is 6.58. The van der Waals surface area contributed by atoms with Gasteiger partial charge in [0.25, 0.3) is 0 Å². The average Bonchev–Trinajstić information content (AvgIpc) is 2.58. The smallest absolute Gasteiger partial charge is 0.493 e. The lowest BCUT2D eigenvalue weighted by Crippen LogP contribution is -2.17. The van der Waals surface area contributed by atoms with E-state index in [2.05, 4.69) is 14.7 Å². The van der Waals surface area contributed by atoms with Crippen molar-refractivity contribution in [2.45, 2.75) is 6.36 Å². The number of ether oxygens (including phenoxy) is 3. The SMILES string of the molecule is COc1cc2nc(N)nc(-c3cccc(OC(F)(F)F)c3)c2cc1OC. The highest BCUT2D eigenvalue weighted by Gasteiger charge is 2.31. The predicted octanol–water partition coefficient (Wildman–Crippen LogP) is 3.79. The molecule has 0 aliphatic heterocycles. The minimum atomic E-state index is -4.79. The lowest BCUT2D eigenvalue weighted by molar-refractivity contribution is -0.274. The van der Waals surface area contributed by atoms with E-state index in [1.165, 1.54) is 32.4 Å². The van der Waals surface area contributed by atoms with Gasteiger partial charge >= 0.3 is 6.36 Å². The van der Waals surface area contributed by atoms with Gasteiger partial charge < -0.3 is 19.9 Å². The van der Waals surface area contributed by atoms with Gasteiger partial charge in [-0.3, -0.25) is 0 Å². The zero-order valence-electron chi connectivity index (χ0n) is 13.8. The maximum absolute atomic E-state index is 12.5. The molecule has 0 atom stereocenters. The molecule has 0 aliphatic carbocycles. The van der Waals surface area contributed by atoms with E-state index < -0.39 is 6.36 Å². The second-order valence-corrected chi connectivity index (χ2v) is 5.23. The maximum atomic E-state index is 12.5. The van der Waals surface area contributed by atoms with E-state index in [1.54, 1.807) is 18.2 Å². The van der Waals surface area contributed by atoms with Crippen molar-refractivity contribution >= 4 is 16.9 Å². The Morgan fingerprint density at radius 3 is 2.31 bits per heavy atom. The predicted molar refractivity (Wildman–Crippen MR) is 89.2 cm³/mol. The number of anilines is 1. The fourth-order valence-electron chi connectivity index (χ4n) is 2.53. The van der Waals surface area contributed by atoms with Crippen LogP contribution in [-0.4, -0.2) is 30.5 Å². The number of aromatic nitrogens is 2. The lowest BCUT2D eigenvalue weighted by atomic mass is 10.1. The fraction of sp³-hybridized carbons (Fsp3) is 0.176. The highest BCUT2D eigenvalue weighted by atomic mass is 19.4. The molecule has 0 amide bonds. The molecule has 0 radical (unpaired) electrons. The minimum absolute atomic E-state index is 0.0261. The summed E-state index contributed by atoms with van der Waals surface area (Å²) in [5.41, 5.74) is 6.96. The summed E-state index contributed by atoms with van der Waals surface area (Å²) in [7, 11) is 2.95. The van der Waals surface area contributed by atoms with Crippen molar-refractivity contribution in [2.75, 3.05) is 20.0 Å².